The predicted molar refractivity (Wildman–Crippen MR) is 45.7 cm³/mol. The van der Waals surface area contributed by atoms with Crippen molar-refractivity contribution in [1.82, 2.24) is 5.32 Å². The van der Waals surface area contributed by atoms with Crippen molar-refractivity contribution in [2.45, 2.75) is 32.7 Å². The van der Waals surface area contributed by atoms with E-state index in [9.17, 15) is 4.79 Å². The van der Waals surface area contributed by atoms with Crippen molar-refractivity contribution in [3.05, 3.63) is 0 Å². The van der Waals surface area contributed by atoms with Gasteiger partial charge >= 0.3 is 0 Å². The molecule has 10 heavy (non-hydrogen) atoms. The summed E-state index contributed by atoms with van der Waals surface area (Å²) in [5, 5.41) is 3.05. The largest absolute Gasteiger partial charge is 0.314 e. The number of halogens is 1. The molecule has 0 aliphatic carbocycles. The van der Waals surface area contributed by atoms with Crippen LogP contribution in [0, 0.1) is 0 Å². The highest BCUT2D eigenvalue weighted by molar-refractivity contribution is 5.85. The van der Waals surface area contributed by atoms with E-state index in [-0.39, 0.29) is 23.7 Å². The van der Waals surface area contributed by atoms with E-state index in [0.29, 0.717) is 6.42 Å². The SMILES string of the molecule is CNC(C)(C)CC(C)=O.Cl. The topological polar surface area (TPSA) is 29.1 Å². The smallest absolute Gasteiger partial charge is 0.131 e. The third-order valence-corrected chi connectivity index (χ3v) is 1.37. The quantitative estimate of drug-likeness (QED) is 0.685. The Bertz CT molecular complexity index is 112. The maximum atomic E-state index is 10.6. The average Bonchev–Trinajstić information content (AvgIpc) is 1.63. The number of hydrogen-bond donors (Lipinski definition) is 1. The number of Topliss-reactive ketones (excluding diaryl/α,β-unsaturated/α-hetero) is 1. The van der Waals surface area contributed by atoms with Crippen LogP contribution in [0.15, 0.2) is 0 Å². The molecule has 0 aromatic heterocycles. The molecule has 3 heteroatoms. The molecule has 0 aliphatic heterocycles. The van der Waals surface area contributed by atoms with Gasteiger partial charge in [-0.25, -0.2) is 0 Å². The summed E-state index contributed by atoms with van der Waals surface area (Å²) in [5.74, 6) is 0.231. The first kappa shape index (κ1) is 12.6. The van der Waals surface area contributed by atoms with Crippen LogP contribution in [0.1, 0.15) is 27.2 Å². The third kappa shape index (κ3) is 6.05. The Hall–Kier alpha value is -0.0800. The molecule has 0 rings (SSSR count). The maximum absolute atomic E-state index is 10.6. The predicted octanol–water partition coefficient (Wildman–Crippen LogP) is 1.39. The molecule has 0 heterocycles. The molecule has 0 bridgehead atoms. The summed E-state index contributed by atoms with van der Waals surface area (Å²) < 4.78 is 0. The molecule has 0 amide bonds. The monoisotopic (exact) mass is 165 g/mol. The fourth-order valence-corrected chi connectivity index (χ4v) is 0.711. The molecule has 2 nitrogen and oxygen atoms in total. The van der Waals surface area contributed by atoms with Crippen LogP contribution >= 0.6 is 12.4 Å². The molecular weight excluding hydrogens is 150 g/mol. The van der Waals surface area contributed by atoms with Crippen molar-refractivity contribution >= 4 is 18.2 Å². The van der Waals surface area contributed by atoms with E-state index in [0.717, 1.165) is 0 Å². The average molecular weight is 166 g/mol. The van der Waals surface area contributed by atoms with Gasteiger partial charge < -0.3 is 5.32 Å². The summed E-state index contributed by atoms with van der Waals surface area (Å²) in [4.78, 5) is 10.6. The number of rotatable bonds is 3. The van der Waals surface area contributed by atoms with Gasteiger partial charge in [-0.1, -0.05) is 0 Å². The zero-order valence-corrected chi connectivity index (χ0v) is 7.84. The standard InChI is InChI=1S/C7H15NO.ClH/c1-6(9)5-7(2,3)8-4;/h8H,5H2,1-4H3;1H. The lowest BCUT2D eigenvalue weighted by Crippen LogP contribution is -2.37. The molecular formula is C7H16ClNO. The van der Waals surface area contributed by atoms with Crippen molar-refractivity contribution in [2.24, 2.45) is 0 Å². The highest BCUT2D eigenvalue weighted by Gasteiger charge is 2.15. The maximum Gasteiger partial charge on any atom is 0.131 e. The number of hydrogen-bond acceptors (Lipinski definition) is 2. The Balaban J connectivity index is 0. The van der Waals surface area contributed by atoms with Gasteiger partial charge in [0.05, 0.1) is 0 Å². The Morgan fingerprint density at radius 3 is 2.00 bits per heavy atom. The van der Waals surface area contributed by atoms with Crippen molar-refractivity contribution in [2.75, 3.05) is 7.05 Å². The van der Waals surface area contributed by atoms with Crippen LogP contribution in [0.4, 0.5) is 0 Å². The van der Waals surface area contributed by atoms with Gasteiger partial charge in [0.1, 0.15) is 5.78 Å². The number of carbonyl (C=O) groups is 1. The Morgan fingerprint density at radius 2 is 1.90 bits per heavy atom. The molecule has 0 aromatic carbocycles. The van der Waals surface area contributed by atoms with Crippen LogP contribution in [0.2, 0.25) is 0 Å². The van der Waals surface area contributed by atoms with Gasteiger partial charge in [0.25, 0.3) is 0 Å². The minimum absolute atomic E-state index is 0. The Kier molecular flexibility index (Phi) is 5.90. The first-order valence-corrected chi connectivity index (χ1v) is 3.16. The lowest BCUT2D eigenvalue weighted by Gasteiger charge is -2.21. The van der Waals surface area contributed by atoms with Crippen molar-refractivity contribution in [3.8, 4) is 0 Å². The normalized spacial score (nSPS) is 10.4. The number of carbonyl (C=O) groups excluding carboxylic acids is 1. The van der Waals surface area contributed by atoms with Crippen LogP contribution in [0.25, 0.3) is 0 Å². The zero-order valence-electron chi connectivity index (χ0n) is 7.02. The van der Waals surface area contributed by atoms with Gasteiger partial charge in [-0.05, 0) is 27.8 Å². The summed E-state index contributed by atoms with van der Waals surface area (Å²) >= 11 is 0. The molecule has 1 N–H and O–H groups in total. The highest BCUT2D eigenvalue weighted by Crippen LogP contribution is 2.06. The van der Waals surface area contributed by atoms with E-state index in [1.54, 1.807) is 6.92 Å². The van der Waals surface area contributed by atoms with Crippen LogP contribution in [0.5, 0.6) is 0 Å². The summed E-state index contributed by atoms with van der Waals surface area (Å²) in [7, 11) is 1.86. The molecule has 0 spiro atoms. The van der Waals surface area contributed by atoms with E-state index in [1.807, 2.05) is 20.9 Å². The summed E-state index contributed by atoms with van der Waals surface area (Å²) in [5.41, 5.74) is -0.0359. The first-order chi connectivity index (χ1) is 3.98. The second kappa shape index (κ2) is 4.69. The van der Waals surface area contributed by atoms with Gasteiger partial charge in [0, 0.05) is 12.0 Å². The minimum atomic E-state index is -0.0359. The number of ketones is 1. The summed E-state index contributed by atoms with van der Waals surface area (Å²) in [6, 6.07) is 0. The van der Waals surface area contributed by atoms with Crippen molar-refractivity contribution in [3.63, 3.8) is 0 Å². The van der Waals surface area contributed by atoms with Gasteiger partial charge in [-0.15, -0.1) is 12.4 Å². The lowest BCUT2D eigenvalue weighted by molar-refractivity contribution is -0.118. The molecule has 0 aromatic rings. The Morgan fingerprint density at radius 1 is 1.50 bits per heavy atom. The lowest BCUT2D eigenvalue weighted by atomic mass is 9.99. The zero-order chi connectivity index (χ0) is 7.49. The van der Waals surface area contributed by atoms with Crippen LogP contribution in [0.3, 0.4) is 0 Å². The first-order valence-electron chi connectivity index (χ1n) is 3.16. The molecule has 0 fully saturated rings. The second-order valence-corrected chi connectivity index (χ2v) is 3.01. The fourth-order valence-electron chi connectivity index (χ4n) is 0.711. The van der Waals surface area contributed by atoms with E-state index in [4.69, 9.17) is 0 Å². The van der Waals surface area contributed by atoms with E-state index < -0.39 is 0 Å². The molecule has 0 saturated carbocycles. The third-order valence-electron chi connectivity index (χ3n) is 1.37. The molecule has 62 valence electrons. The van der Waals surface area contributed by atoms with E-state index in [2.05, 4.69) is 5.32 Å². The molecule has 0 atom stereocenters. The highest BCUT2D eigenvalue weighted by atomic mass is 35.5. The van der Waals surface area contributed by atoms with E-state index in [1.165, 1.54) is 0 Å². The fraction of sp³-hybridized carbons (Fsp3) is 0.857. The van der Waals surface area contributed by atoms with Crippen molar-refractivity contribution in [1.29, 1.82) is 0 Å². The van der Waals surface area contributed by atoms with Crippen LogP contribution in [-0.4, -0.2) is 18.4 Å². The number of nitrogens with one attached hydrogen (secondary N) is 1. The van der Waals surface area contributed by atoms with Crippen molar-refractivity contribution < 1.29 is 4.79 Å². The van der Waals surface area contributed by atoms with Gasteiger partial charge in [0.2, 0.25) is 0 Å². The van der Waals surface area contributed by atoms with Crippen LogP contribution < -0.4 is 5.32 Å². The molecule has 0 saturated heterocycles. The molecule has 0 radical (unpaired) electrons. The molecule has 0 aliphatic rings. The van der Waals surface area contributed by atoms with Gasteiger partial charge in [-0.3, -0.25) is 4.79 Å². The van der Waals surface area contributed by atoms with Gasteiger partial charge in [-0.2, -0.15) is 0 Å². The summed E-state index contributed by atoms with van der Waals surface area (Å²) in [6.45, 7) is 5.63. The molecule has 0 unspecified atom stereocenters. The van der Waals surface area contributed by atoms with E-state index >= 15 is 0 Å². The van der Waals surface area contributed by atoms with Crippen LogP contribution in [-0.2, 0) is 4.79 Å². The second-order valence-electron chi connectivity index (χ2n) is 3.01. The van der Waals surface area contributed by atoms with Gasteiger partial charge in [0.15, 0.2) is 0 Å². The Labute approximate surface area is 68.8 Å². The minimum Gasteiger partial charge on any atom is -0.314 e. The summed E-state index contributed by atoms with van der Waals surface area (Å²) in [6.07, 6.45) is 0.601.